The summed E-state index contributed by atoms with van der Waals surface area (Å²) in [5.41, 5.74) is 0. The van der Waals surface area contributed by atoms with Gasteiger partial charge in [0, 0.05) is 13.2 Å². The molecule has 0 aliphatic carbocycles. The number of ether oxygens (including phenoxy) is 1. The van der Waals surface area contributed by atoms with Gasteiger partial charge in [0.15, 0.2) is 0 Å². The average Bonchev–Trinajstić information content (AvgIpc) is 2.31. The fourth-order valence-corrected chi connectivity index (χ4v) is 1.85. The maximum absolute atomic E-state index is 5.97. The molecular formula is C15H33NO. The Bertz CT molecular complexity index is 148. The van der Waals surface area contributed by atoms with Crippen molar-refractivity contribution in [2.75, 3.05) is 19.7 Å². The summed E-state index contributed by atoms with van der Waals surface area (Å²) in [4.78, 5) is 0. The number of rotatable bonds is 12. The molecular weight excluding hydrogens is 210 g/mol. The maximum Gasteiger partial charge on any atom is 0.0722 e. The van der Waals surface area contributed by atoms with Gasteiger partial charge in [0.25, 0.3) is 0 Å². The van der Waals surface area contributed by atoms with Gasteiger partial charge in [-0.15, -0.1) is 0 Å². The van der Waals surface area contributed by atoms with Crippen LogP contribution in [0.4, 0.5) is 0 Å². The first kappa shape index (κ1) is 16.9. The predicted octanol–water partition coefficient (Wildman–Crippen LogP) is 4.00. The van der Waals surface area contributed by atoms with Crippen LogP contribution in [0.5, 0.6) is 0 Å². The summed E-state index contributed by atoms with van der Waals surface area (Å²) in [6.07, 6.45) is 8.16. The summed E-state index contributed by atoms with van der Waals surface area (Å²) in [6.45, 7) is 12.0. The van der Waals surface area contributed by atoms with E-state index < -0.39 is 0 Å². The van der Waals surface area contributed by atoms with E-state index >= 15 is 0 Å². The van der Waals surface area contributed by atoms with Gasteiger partial charge in [0.05, 0.1) is 6.10 Å². The lowest BCUT2D eigenvalue weighted by Gasteiger charge is -2.22. The van der Waals surface area contributed by atoms with Gasteiger partial charge in [-0.3, -0.25) is 0 Å². The molecule has 0 aromatic rings. The molecule has 17 heavy (non-hydrogen) atoms. The van der Waals surface area contributed by atoms with Crippen molar-refractivity contribution in [2.24, 2.45) is 5.92 Å². The van der Waals surface area contributed by atoms with Gasteiger partial charge in [-0.2, -0.15) is 0 Å². The van der Waals surface area contributed by atoms with Crippen LogP contribution < -0.4 is 5.32 Å². The van der Waals surface area contributed by atoms with Gasteiger partial charge in [-0.05, 0) is 25.3 Å². The average molecular weight is 243 g/mol. The monoisotopic (exact) mass is 243 g/mol. The second-order valence-electron chi connectivity index (χ2n) is 5.27. The van der Waals surface area contributed by atoms with E-state index in [1.807, 2.05) is 0 Å². The number of nitrogens with one attached hydrogen (secondary N) is 1. The molecule has 0 aromatic carbocycles. The second kappa shape index (κ2) is 12.4. The van der Waals surface area contributed by atoms with Crippen LogP contribution in [-0.4, -0.2) is 25.8 Å². The Kier molecular flexibility index (Phi) is 12.3. The van der Waals surface area contributed by atoms with Crippen molar-refractivity contribution in [3.05, 3.63) is 0 Å². The Morgan fingerprint density at radius 1 is 0.941 bits per heavy atom. The lowest BCUT2D eigenvalue weighted by Crippen LogP contribution is -2.33. The molecule has 0 aliphatic heterocycles. The van der Waals surface area contributed by atoms with Crippen LogP contribution in [-0.2, 0) is 4.74 Å². The molecule has 1 atom stereocenters. The van der Waals surface area contributed by atoms with E-state index in [0.29, 0.717) is 12.0 Å². The summed E-state index contributed by atoms with van der Waals surface area (Å²) in [7, 11) is 0. The molecule has 0 fully saturated rings. The predicted molar refractivity (Wildman–Crippen MR) is 76.5 cm³/mol. The van der Waals surface area contributed by atoms with Crippen LogP contribution >= 0.6 is 0 Å². The van der Waals surface area contributed by atoms with E-state index in [9.17, 15) is 0 Å². The Hall–Kier alpha value is -0.0800. The summed E-state index contributed by atoms with van der Waals surface area (Å²) in [6, 6.07) is 0. The SMILES string of the molecule is CCCCCCCOC(CNCCC)C(C)C. The van der Waals surface area contributed by atoms with Crippen molar-refractivity contribution in [3.8, 4) is 0 Å². The number of unbranched alkanes of at least 4 members (excludes halogenated alkanes) is 4. The highest BCUT2D eigenvalue weighted by molar-refractivity contribution is 4.65. The zero-order valence-corrected chi connectivity index (χ0v) is 12.4. The molecule has 0 spiro atoms. The minimum Gasteiger partial charge on any atom is -0.377 e. The van der Waals surface area contributed by atoms with Crippen LogP contribution in [0.1, 0.15) is 66.2 Å². The topological polar surface area (TPSA) is 21.3 Å². The van der Waals surface area contributed by atoms with Crippen molar-refractivity contribution in [3.63, 3.8) is 0 Å². The highest BCUT2D eigenvalue weighted by Crippen LogP contribution is 2.08. The zero-order chi connectivity index (χ0) is 12.9. The lowest BCUT2D eigenvalue weighted by molar-refractivity contribution is 0.0209. The van der Waals surface area contributed by atoms with Crippen molar-refractivity contribution in [1.29, 1.82) is 0 Å². The first-order valence-corrected chi connectivity index (χ1v) is 7.54. The largest absolute Gasteiger partial charge is 0.377 e. The van der Waals surface area contributed by atoms with Gasteiger partial charge < -0.3 is 10.1 Å². The minimum absolute atomic E-state index is 0.382. The fraction of sp³-hybridized carbons (Fsp3) is 1.00. The fourth-order valence-electron chi connectivity index (χ4n) is 1.85. The Labute approximate surface area is 109 Å². The van der Waals surface area contributed by atoms with Crippen LogP contribution in [0, 0.1) is 5.92 Å². The third-order valence-corrected chi connectivity index (χ3v) is 3.10. The van der Waals surface area contributed by atoms with Crippen LogP contribution in [0.15, 0.2) is 0 Å². The van der Waals surface area contributed by atoms with Crippen molar-refractivity contribution in [1.82, 2.24) is 5.32 Å². The first-order valence-electron chi connectivity index (χ1n) is 7.54. The Morgan fingerprint density at radius 2 is 1.65 bits per heavy atom. The van der Waals surface area contributed by atoms with Gasteiger partial charge in [0.2, 0.25) is 0 Å². The van der Waals surface area contributed by atoms with E-state index in [-0.39, 0.29) is 0 Å². The molecule has 0 bridgehead atoms. The third-order valence-electron chi connectivity index (χ3n) is 3.10. The Morgan fingerprint density at radius 3 is 2.24 bits per heavy atom. The molecule has 0 amide bonds. The van der Waals surface area contributed by atoms with Gasteiger partial charge >= 0.3 is 0 Å². The molecule has 1 unspecified atom stereocenters. The smallest absolute Gasteiger partial charge is 0.0722 e. The molecule has 104 valence electrons. The lowest BCUT2D eigenvalue weighted by atomic mass is 10.1. The van der Waals surface area contributed by atoms with Crippen molar-refractivity contribution in [2.45, 2.75) is 72.3 Å². The number of hydrogen-bond donors (Lipinski definition) is 1. The molecule has 2 nitrogen and oxygen atoms in total. The van der Waals surface area contributed by atoms with Gasteiger partial charge in [0.1, 0.15) is 0 Å². The molecule has 0 aromatic heterocycles. The molecule has 0 rings (SSSR count). The highest BCUT2D eigenvalue weighted by atomic mass is 16.5. The number of hydrogen-bond acceptors (Lipinski definition) is 2. The summed E-state index contributed by atoms with van der Waals surface area (Å²) in [5, 5.41) is 3.45. The minimum atomic E-state index is 0.382. The zero-order valence-electron chi connectivity index (χ0n) is 12.4. The normalized spacial score (nSPS) is 13.2. The van der Waals surface area contributed by atoms with E-state index in [4.69, 9.17) is 4.74 Å². The van der Waals surface area contributed by atoms with E-state index in [2.05, 4.69) is 33.0 Å². The molecule has 1 N–H and O–H groups in total. The second-order valence-corrected chi connectivity index (χ2v) is 5.27. The van der Waals surface area contributed by atoms with Crippen molar-refractivity contribution < 1.29 is 4.74 Å². The van der Waals surface area contributed by atoms with Gasteiger partial charge in [-0.25, -0.2) is 0 Å². The van der Waals surface area contributed by atoms with E-state index in [0.717, 1.165) is 19.7 Å². The maximum atomic E-state index is 5.97. The van der Waals surface area contributed by atoms with E-state index in [1.165, 1.54) is 38.5 Å². The van der Waals surface area contributed by atoms with Gasteiger partial charge in [-0.1, -0.05) is 53.4 Å². The molecule has 2 heteroatoms. The highest BCUT2D eigenvalue weighted by Gasteiger charge is 2.12. The third kappa shape index (κ3) is 10.8. The molecule has 0 aliphatic rings. The van der Waals surface area contributed by atoms with Crippen LogP contribution in [0.25, 0.3) is 0 Å². The van der Waals surface area contributed by atoms with E-state index in [1.54, 1.807) is 0 Å². The first-order chi connectivity index (χ1) is 8.22. The van der Waals surface area contributed by atoms with Crippen molar-refractivity contribution >= 4 is 0 Å². The molecule has 0 radical (unpaired) electrons. The summed E-state index contributed by atoms with van der Waals surface area (Å²) in [5.74, 6) is 0.606. The Balaban J connectivity index is 3.49. The quantitative estimate of drug-likeness (QED) is 0.523. The molecule has 0 saturated heterocycles. The molecule has 0 saturated carbocycles. The van der Waals surface area contributed by atoms with Crippen LogP contribution in [0.3, 0.4) is 0 Å². The van der Waals surface area contributed by atoms with Crippen LogP contribution in [0.2, 0.25) is 0 Å². The summed E-state index contributed by atoms with van der Waals surface area (Å²) < 4.78 is 5.97. The standard InChI is InChI=1S/C15H33NO/c1-5-7-8-9-10-12-17-15(14(3)4)13-16-11-6-2/h14-16H,5-13H2,1-4H3. The molecule has 0 heterocycles. The summed E-state index contributed by atoms with van der Waals surface area (Å²) >= 11 is 0.